The van der Waals surface area contributed by atoms with Crippen LogP contribution >= 0.6 is 15.9 Å². The fraction of sp³-hybridized carbons (Fsp3) is 0.600. The van der Waals surface area contributed by atoms with Crippen molar-refractivity contribution < 1.29 is 0 Å². The van der Waals surface area contributed by atoms with Gasteiger partial charge in [-0.1, -0.05) is 35.0 Å². The normalized spacial score (nSPS) is 20.3. The summed E-state index contributed by atoms with van der Waals surface area (Å²) in [6.07, 6.45) is 2.63. The third-order valence-corrected chi connectivity index (χ3v) is 4.51. The van der Waals surface area contributed by atoms with Crippen molar-refractivity contribution in [2.75, 3.05) is 19.6 Å². The van der Waals surface area contributed by atoms with Crippen molar-refractivity contribution in [3.8, 4) is 0 Å². The minimum Gasteiger partial charge on any atom is -0.315 e. The first-order chi connectivity index (χ1) is 8.70. The lowest BCUT2D eigenvalue weighted by Gasteiger charge is -2.34. The molecular formula is C15H23BrN2. The maximum atomic E-state index is 3.69. The first-order valence-corrected chi connectivity index (χ1v) is 7.69. The number of hydrogen-bond acceptors (Lipinski definition) is 2. The van der Waals surface area contributed by atoms with Crippen molar-refractivity contribution in [1.82, 2.24) is 10.2 Å². The van der Waals surface area contributed by atoms with Crippen LogP contribution in [0.3, 0.4) is 0 Å². The second-order valence-electron chi connectivity index (χ2n) is 5.16. The molecule has 3 heteroatoms. The largest absolute Gasteiger partial charge is 0.315 e. The van der Waals surface area contributed by atoms with Gasteiger partial charge in [-0.25, -0.2) is 0 Å². The molecule has 1 unspecified atom stereocenters. The Hall–Kier alpha value is -0.380. The predicted molar refractivity (Wildman–Crippen MR) is 80.9 cm³/mol. The second kappa shape index (κ2) is 6.69. The first-order valence-electron chi connectivity index (χ1n) is 6.90. The summed E-state index contributed by atoms with van der Waals surface area (Å²) in [7, 11) is 0. The zero-order valence-electron chi connectivity index (χ0n) is 11.4. The van der Waals surface area contributed by atoms with Crippen LogP contribution in [0.15, 0.2) is 22.7 Å². The van der Waals surface area contributed by atoms with Gasteiger partial charge in [-0.05, 0) is 50.0 Å². The molecule has 0 amide bonds. The standard InChI is InChI=1S/C15H23BrN2/c1-3-18(14-5-4-8-17-10-14)11-13-7-6-12(2)9-15(13)16/h6-7,9,14,17H,3-5,8,10-11H2,1-2H3. The Morgan fingerprint density at radius 2 is 2.28 bits per heavy atom. The third-order valence-electron chi connectivity index (χ3n) is 3.78. The molecule has 18 heavy (non-hydrogen) atoms. The van der Waals surface area contributed by atoms with Gasteiger partial charge in [0.15, 0.2) is 0 Å². The lowest BCUT2D eigenvalue weighted by atomic mass is 10.0. The van der Waals surface area contributed by atoms with Crippen LogP contribution in [0.4, 0.5) is 0 Å². The van der Waals surface area contributed by atoms with E-state index in [1.807, 2.05) is 0 Å². The van der Waals surface area contributed by atoms with Crippen LogP contribution in [0.1, 0.15) is 30.9 Å². The van der Waals surface area contributed by atoms with Crippen LogP contribution in [0.25, 0.3) is 0 Å². The number of piperidine rings is 1. The van der Waals surface area contributed by atoms with E-state index in [1.54, 1.807) is 0 Å². The lowest BCUT2D eigenvalue weighted by Crippen LogP contribution is -2.45. The highest BCUT2D eigenvalue weighted by molar-refractivity contribution is 9.10. The molecule has 0 bridgehead atoms. The molecule has 1 N–H and O–H groups in total. The van der Waals surface area contributed by atoms with Crippen molar-refractivity contribution in [1.29, 1.82) is 0 Å². The summed E-state index contributed by atoms with van der Waals surface area (Å²) in [4.78, 5) is 2.58. The summed E-state index contributed by atoms with van der Waals surface area (Å²) in [5.74, 6) is 0. The zero-order chi connectivity index (χ0) is 13.0. The molecule has 1 heterocycles. The van der Waals surface area contributed by atoms with Gasteiger partial charge in [0, 0.05) is 23.6 Å². The van der Waals surface area contributed by atoms with E-state index in [9.17, 15) is 0 Å². The van der Waals surface area contributed by atoms with E-state index in [4.69, 9.17) is 0 Å². The number of hydrogen-bond donors (Lipinski definition) is 1. The van der Waals surface area contributed by atoms with Crippen LogP contribution < -0.4 is 5.32 Å². The molecular weight excluding hydrogens is 288 g/mol. The lowest BCUT2D eigenvalue weighted by molar-refractivity contribution is 0.166. The Kier molecular flexibility index (Phi) is 5.22. The Balaban J connectivity index is 2.04. The van der Waals surface area contributed by atoms with E-state index in [1.165, 1.54) is 35.0 Å². The predicted octanol–water partition coefficient (Wildman–Crippen LogP) is 3.33. The van der Waals surface area contributed by atoms with E-state index in [2.05, 4.69) is 58.2 Å². The molecule has 1 aromatic rings. The van der Waals surface area contributed by atoms with Gasteiger partial charge in [-0.3, -0.25) is 4.90 Å². The van der Waals surface area contributed by atoms with Crippen molar-refractivity contribution in [2.45, 2.75) is 39.3 Å². The van der Waals surface area contributed by atoms with Gasteiger partial charge in [-0.2, -0.15) is 0 Å². The molecule has 2 nitrogen and oxygen atoms in total. The van der Waals surface area contributed by atoms with Gasteiger partial charge in [0.1, 0.15) is 0 Å². The quantitative estimate of drug-likeness (QED) is 0.917. The third kappa shape index (κ3) is 3.56. The first kappa shape index (κ1) is 14.0. The number of benzene rings is 1. The highest BCUT2D eigenvalue weighted by Crippen LogP contribution is 2.22. The number of nitrogens with zero attached hydrogens (tertiary/aromatic N) is 1. The molecule has 0 radical (unpaired) electrons. The fourth-order valence-electron chi connectivity index (χ4n) is 2.64. The molecule has 0 aromatic heterocycles. The minimum atomic E-state index is 0.692. The molecule has 1 aromatic carbocycles. The summed E-state index contributed by atoms with van der Waals surface area (Å²) < 4.78 is 1.24. The van der Waals surface area contributed by atoms with Crippen molar-refractivity contribution in [3.05, 3.63) is 33.8 Å². The Morgan fingerprint density at radius 1 is 1.44 bits per heavy atom. The van der Waals surface area contributed by atoms with Gasteiger partial charge in [-0.15, -0.1) is 0 Å². The molecule has 0 spiro atoms. The van der Waals surface area contributed by atoms with Crippen LogP contribution in [0.5, 0.6) is 0 Å². The maximum Gasteiger partial charge on any atom is 0.0248 e. The highest BCUT2D eigenvalue weighted by atomic mass is 79.9. The van der Waals surface area contributed by atoms with Crippen molar-refractivity contribution in [3.63, 3.8) is 0 Å². The number of aryl methyl sites for hydroxylation is 1. The molecule has 1 aliphatic heterocycles. The summed E-state index contributed by atoms with van der Waals surface area (Å²) in [5, 5.41) is 3.51. The minimum absolute atomic E-state index is 0.692. The van der Waals surface area contributed by atoms with Crippen LogP contribution in [-0.4, -0.2) is 30.6 Å². The van der Waals surface area contributed by atoms with E-state index in [0.29, 0.717) is 6.04 Å². The zero-order valence-corrected chi connectivity index (χ0v) is 13.0. The van der Waals surface area contributed by atoms with Crippen LogP contribution in [0.2, 0.25) is 0 Å². The van der Waals surface area contributed by atoms with Crippen molar-refractivity contribution in [2.24, 2.45) is 0 Å². The molecule has 0 aliphatic carbocycles. The summed E-state index contributed by atoms with van der Waals surface area (Å²) in [5.41, 5.74) is 2.71. The van der Waals surface area contributed by atoms with E-state index in [-0.39, 0.29) is 0 Å². The monoisotopic (exact) mass is 310 g/mol. The van der Waals surface area contributed by atoms with Crippen molar-refractivity contribution >= 4 is 15.9 Å². The smallest absolute Gasteiger partial charge is 0.0248 e. The van der Waals surface area contributed by atoms with Gasteiger partial charge >= 0.3 is 0 Å². The molecule has 1 saturated heterocycles. The molecule has 2 rings (SSSR count). The second-order valence-corrected chi connectivity index (χ2v) is 6.01. The summed E-state index contributed by atoms with van der Waals surface area (Å²) >= 11 is 3.69. The Morgan fingerprint density at radius 3 is 2.89 bits per heavy atom. The Labute approximate surface area is 119 Å². The molecule has 1 fully saturated rings. The van der Waals surface area contributed by atoms with Crippen LogP contribution in [0, 0.1) is 6.92 Å². The number of nitrogens with one attached hydrogen (secondary N) is 1. The molecule has 0 saturated carbocycles. The fourth-order valence-corrected chi connectivity index (χ4v) is 3.26. The molecule has 1 atom stereocenters. The number of likely N-dealkylation sites (N-methyl/N-ethyl adjacent to an activating group) is 1. The Bertz CT molecular complexity index is 386. The summed E-state index contributed by atoms with van der Waals surface area (Å²) in [6.45, 7) is 8.88. The topological polar surface area (TPSA) is 15.3 Å². The maximum absolute atomic E-state index is 3.69. The van der Waals surface area contributed by atoms with E-state index in [0.717, 1.165) is 19.6 Å². The molecule has 1 aliphatic rings. The summed E-state index contributed by atoms with van der Waals surface area (Å²) in [6, 6.07) is 7.35. The highest BCUT2D eigenvalue weighted by Gasteiger charge is 2.20. The average molecular weight is 311 g/mol. The van der Waals surface area contributed by atoms with Gasteiger partial charge in [0.2, 0.25) is 0 Å². The van der Waals surface area contributed by atoms with E-state index >= 15 is 0 Å². The molecule has 100 valence electrons. The van der Waals surface area contributed by atoms with Gasteiger partial charge in [0.25, 0.3) is 0 Å². The van der Waals surface area contributed by atoms with E-state index < -0.39 is 0 Å². The SMILES string of the molecule is CCN(Cc1ccc(C)cc1Br)C1CCCNC1. The number of halogens is 1. The van der Waals surface area contributed by atoms with Crippen LogP contribution in [-0.2, 0) is 6.54 Å². The average Bonchev–Trinajstić information content (AvgIpc) is 2.39. The van der Waals surface area contributed by atoms with Gasteiger partial charge < -0.3 is 5.32 Å². The number of rotatable bonds is 4. The van der Waals surface area contributed by atoms with Gasteiger partial charge in [0.05, 0.1) is 0 Å².